The maximum absolute atomic E-state index is 12.7. The van der Waals surface area contributed by atoms with Gasteiger partial charge in [0, 0.05) is 12.1 Å². The Morgan fingerprint density at radius 3 is 2.35 bits per heavy atom. The van der Waals surface area contributed by atoms with Crippen molar-refractivity contribution >= 4 is 23.1 Å². The Kier molecular flexibility index (Phi) is 2.97. The van der Waals surface area contributed by atoms with E-state index in [9.17, 15) is 4.79 Å². The molecule has 3 nitrogen and oxygen atoms in total. The molecule has 2 aliphatic rings. The van der Waals surface area contributed by atoms with Gasteiger partial charge in [0.1, 0.15) is 0 Å². The minimum absolute atomic E-state index is 0.0340. The lowest BCUT2D eigenvalue weighted by Gasteiger charge is -2.48. The largest absolute Gasteiger partial charge is 0.392 e. The van der Waals surface area contributed by atoms with E-state index in [-0.39, 0.29) is 11.4 Å². The van der Waals surface area contributed by atoms with E-state index < -0.39 is 5.41 Å². The van der Waals surface area contributed by atoms with Gasteiger partial charge in [-0.15, -0.1) is 0 Å². The molecule has 2 rings (SSSR count). The first-order valence-electron chi connectivity index (χ1n) is 6.41. The molecule has 0 atom stereocenters. The quantitative estimate of drug-likeness (QED) is 0.768. The van der Waals surface area contributed by atoms with E-state index in [1.165, 1.54) is 0 Å². The van der Waals surface area contributed by atoms with Gasteiger partial charge in [-0.25, -0.2) is 0 Å². The van der Waals surface area contributed by atoms with Crippen molar-refractivity contribution in [2.24, 2.45) is 17.1 Å². The third kappa shape index (κ3) is 1.86. The van der Waals surface area contributed by atoms with Crippen LogP contribution >= 0.6 is 12.2 Å². The summed E-state index contributed by atoms with van der Waals surface area (Å²) in [6.45, 7) is 7.27. The molecule has 0 spiro atoms. The SMILES string of the molecule is CC1CC(C(=O)N2CCCC2(C)C)(C(N)=S)C1. The highest BCUT2D eigenvalue weighted by Crippen LogP contribution is 2.48. The van der Waals surface area contributed by atoms with Crippen molar-refractivity contribution < 1.29 is 4.79 Å². The maximum atomic E-state index is 12.7. The van der Waals surface area contributed by atoms with E-state index in [0.717, 1.165) is 32.2 Å². The van der Waals surface area contributed by atoms with Gasteiger partial charge in [0.15, 0.2) is 0 Å². The van der Waals surface area contributed by atoms with E-state index in [1.54, 1.807) is 0 Å². The molecule has 96 valence electrons. The fourth-order valence-corrected chi connectivity index (χ4v) is 3.61. The van der Waals surface area contributed by atoms with Gasteiger partial charge in [-0.05, 0) is 45.4 Å². The van der Waals surface area contributed by atoms with Crippen molar-refractivity contribution in [1.29, 1.82) is 0 Å². The van der Waals surface area contributed by atoms with Crippen LogP contribution < -0.4 is 5.73 Å². The minimum Gasteiger partial charge on any atom is -0.392 e. The smallest absolute Gasteiger partial charge is 0.236 e. The Labute approximate surface area is 109 Å². The van der Waals surface area contributed by atoms with Crippen LogP contribution in [0.25, 0.3) is 0 Å². The number of likely N-dealkylation sites (tertiary alicyclic amines) is 1. The number of nitrogens with zero attached hydrogens (tertiary/aromatic N) is 1. The van der Waals surface area contributed by atoms with Gasteiger partial charge in [0.2, 0.25) is 5.91 Å². The molecular formula is C13H22N2OS. The number of carbonyl (C=O) groups excluding carboxylic acids is 1. The van der Waals surface area contributed by atoms with Crippen molar-refractivity contribution in [3.8, 4) is 0 Å². The molecule has 1 aliphatic carbocycles. The van der Waals surface area contributed by atoms with Crippen LogP contribution in [0.4, 0.5) is 0 Å². The number of rotatable bonds is 2. The Balaban J connectivity index is 2.22. The third-order valence-electron chi connectivity index (χ3n) is 4.42. The summed E-state index contributed by atoms with van der Waals surface area (Å²) in [7, 11) is 0. The molecule has 0 unspecified atom stereocenters. The maximum Gasteiger partial charge on any atom is 0.236 e. The van der Waals surface area contributed by atoms with Gasteiger partial charge < -0.3 is 10.6 Å². The molecule has 17 heavy (non-hydrogen) atoms. The van der Waals surface area contributed by atoms with Crippen LogP contribution in [0.3, 0.4) is 0 Å². The zero-order chi connectivity index (χ0) is 12.8. The standard InChI is InChI=1S/C13H22N2OS/c1-9-7-13(8-9,10(14)17)11(16)15-6-4-5-12(15,2)3/h9H,4-8H2,1-3H3,(H2,14,17). The molecule has 2 fully saturated rings. The molecule has 0 aromatic heterocycles. The van der Waals surface area contributed by atoms with Gasteiger partial charge >= 0.3 is 0 Å². The highest BCUT2D eigenvalue weighted by Gasteiger charge is 2.54. The number of hydrogen-bond donors (Lipinski definition) is 1. The van der Waals surface area contributed by atoms with Gasteiger partial charge in [-0.3, -0.25) is 4.79 Å². The monoisotopic (exact) mass is 254 g/mol. The van der Waals surface area contributed by atoms with E-state index in [4.69, 9.17) is 18.0 Å². The summed E-state index contributed by atoms with van der Waals surface area (Å²) < 4.78 is 0. The predicted molar refractivity (Wildman–Crippen MR) is 72.6 cm³/mol. The third-order valence-corrected chi connectivity index (χ3v) is 4.81. The molecule has 1 aliphatic heterocycles. The molecule has 0 bridgehead atoms. The van der Waals surface area contributed by atoms with Crippen LogP contribution in [0, 0.1) is 11.3 Å². The topological polar surface area (TPSA) is 46.3 Å². The summed E-state index contributed by atoms with van der Waals surface area (Å²) in [4.78, 5) is 15.1. The first-order valence-corrected chi connectivity index (χ1v) is 6.82. The lowest BCUT2D eigenvalue weighted by atomic mass is 9.61. The fraction of sp³-hybridized carbons (Fsp3) is 0.846. The first kappa shape index (κ1) is 12.8. The van der Waals surface area contributed by atoms with E-state index in [1.807, 2.05) is 4.90 Å². The zero-order valence-electron chi connectivity index (χ0n) is 11.0. The Hall–Kier alpha value is -0.640. The van der Waals surface area contributed by atoms with Crippen LogP contribution in [0.15, 0.2) is 0 Å². The molecule has 2 N–H and O–H groups in total. The second-order valence-corrected chi connectivity index (χ2v) is 6.77. The molecular weight excluding hydrogens is 232 g/mol. The van der Waals surface area contributed by atoms with E-state index in [2.05, 4.69) is 20.8 Å². The summed E-state index contributed by atoms with van der Waals surface area (Å²) in [5.41, 5.74) is 5.27. The fourth-order valence-electron chi connectivity index (χ4n) is 3.35. The normalized spacial score (nSPS) is 35.5. The average Bonchev–Trinajstić information content (AvgIpc) is 2.51. The molecule has 1 amide bonds. The number of carbonyl (C=O) groups is 1. The molecule has 1 saturated heterocycles. The van der Waals surface area contributed by atoms with Crippen LogP contribution in [-0.2, 0) is 4.79 Å². The van der Waals surface area contributed by atoms with Crippen molar-refractivity contribution in [2.75, 3.05) is 6.54 Å². The van der Waals surface area contributed by atoms with Gasteiger partial charge in [-0.2, -0.15) is 0 Å². The zero-order valence-corrected chi connectivity index (χ0v) is 11.8. The van der Waals surface area contributed by atoms with Crippen LogP contribution in [0.2, 0.25) is 0 Å². The summed E-state index contributed by atoms with van der Waals surface area (Å²) in [6, 6.07) is 0. The number of nitrogens with two attached hydrogens (primary N) is 1. The predicted octanol–water partition coefficient (Wildman–Crippen LogP) is 2.09. The Bertz CT molecular complexity index is 358. The molecule has 1 heterocycles. The number of thiocarbonyl (C=S) groups is 1. The molecule has 0 aromatic rings. The van der Waals surface area contributed by atoms with E-state index in [0.29, 0.717) is 10.9 Å². The summed E-state index contributed by atoms with van der Waals surface area (Å²) in [6.07, 6.45) is 3.81. The van der Waals surface area contributed by atoms with Crippen molar-refractivity contribution in [3.63, 3.8) is 0 Å². The minimum atomic E-state index is -0.531. The summed E-state index contributed by atoms with van der Waals surface area (Å²) in [5, 5.41) is 0. The van der Waals surface area contributed by atoms with Crippen LogP contribution in [0.5, 0.6) is 0 Å². The van der Waals surface area contributed by atoms with Crippen molar-refractivity contribution in [2.45, 2.75) is 52.0 Å². The number of amides is 1. The van der Waals surface area contributed by atoms with Gasteiger partial charge in [-0.1, -0.05) is 19.1 Å². The highest BCUT2D eigenvalue weighted by atomic mass is 32.1. The van der Waals surface area contributed by atoms with Gasteiger partial charge in [0.25, 0.3) is 0 Å². The van der Waals surface area contributed by atoms with Crippen LogP contribution in [0.1, 0.15) is 46.5 Å². The van der Waals surface area contributed by atoms with Crippen molar-refractivity contribution in [1.82, 2.24) is 4.90 Å². The molecule has 4 heteroatoms. The first-order chi connectivity index (χ1) is 7.79. The Morgan fingerprint density at radius 2 is 2.00 bits per heavy atom. The van der Waals surface area contributed by atoms with E-state index >= 15 is 0 Å². The second kappa shape index (κ2) is 3.94. The second-order valence-electron chi connectivity index (χ2n) is 6.33. The molecule has 1 saturated carbocycles. The Morgan fingerprint density at radius 1 is 1.41 bits per heavy atom. The average molecular weight is 254 g/mol. The van der Waals surface area contributed by atoms with Gasteiger partial charge in [0.05, 0.1) is 10.4 Å². The number of hydrogen-bond acceptors (Lipinski definition) is 2. The van der Waals surface area contributed by atoms with Crippen molar-refractivity contribution in [3.05, 3.63) is 0 Å². The highest BCUT2D eigenvalue weighted by molar-refractivity contribution is 7.80. The van der Waals surface area contributed by atoms with Crippen LogP contribution in [-0.4, -0.2) is 27.9 Å². The summed E-state index contributed by atoms with van der Waals surface area (Å²) >= 11 is 5.15. The molecule has 0 radical (unpaired) electrons. The lowest BCUT2D eigenvalue weighted by Crippen LogP contribution is -2.59. The summed E-state index contributed by atoms with van der Waals surface area (Å²) in [5.74, 6) is 0.733. The lowest BCUT2D eigenvalue weighted by molar-refractivity contribution is -0.147. The molecule has 0 aromatic carbocycles.